The van der Waals surface area contributed by atoms with E-state index in [0.29, 0.717) is 13.2 Å². The Labute approximate surface area is 103 Å². The van der Waals surface area contributed by atoms with E-state index in [1.165, 1.54) is 11.4 Å². The van der Waals surface area contributed by atoms with Crippen molar-refractivity contribution in [2.24, 2.45) is 0 Å². The van der Waals surface area contributed by atoms with Crippen LogP contribution in [0.2, 0.25) is 0 Å². The molecule has 0 atom stereocenters. The van der Waals surface area contributed by atoms with Crippen LogP contribution in [0.3, 0.4) is 0 Å². The van der Waals surface area contributed by atoms with E-state index in [1.54, 1.807) is 19.9 Å². The van der Waals surface area contributed by atoms with Gasteiger partial charge in [-0.15, -0.1) is 0 Å². The van der Waals surface area contributed by atoms with Crippen LogP contribution >= 0.6 is 7.60 Å². The Morgan fingerprint density at radius 1 is 1.12 bits per heavy atom. The molecule has 1 aromatic rings. The quantitative estimate of drug-likeness (QED) is 0.712. The molecule has 0 bridgehead atoms. The largest absolute Gasteiger partial charge is 0.354 e. The molecule has 0 radical (unpaired) electrons. The van der Waals surface area contributed by atoms with Crippen molar-refractivity contribution in [3.05, 3.63) is 41.2 Å². The Hall–Kier alpha value is -0.890. The van der Waals surface area contributed by atoms with Crippen molar-refractivity contribution in [2.45, 2.75) is 20.8 Å². The second kappa shape index (κ2) is 6.75. The second-order valence-corrected chi connectivity index (χ2v) is 5.50. The molecule has 0 aliphatic rings. The summed E-state index contributed by atoms with van der Waals surface area (Å²) in [7, 11) is -3.08. The van der Waals surface area contributed by atoms with Crippen molar-refractivity contribution in [2.75, 3.05) is 13.2 Å². The predicted molar refractivity (Wildman–Crippen MR) is 71.1 cm³/mol. The van der Waals surface area contributed by atoms with Crippen LogP contribution in [0.1, 0.15) is 25.0 Å². The highest BCUT2D eigenvalue weighted by Gasteiger charge is 2.18. The smallest absolute Gasteiger partial charge is 0.306 e. The second-order valence-electron chi connectivity index (χ2n) is 3.60. The number of hydrogen-bond acceptors (Lipinski definition) is 3. The number of aryl methyl sites for hydroxylation is 1. The van der Waals surface area contributed by atoms with E-state index in [0.717, 1.165) is 5.56 Å². The molecular formula is C13H19O3P. The summed E-state index contributed by atoms with van der Waals surface area (Å²) in [6.45, 7) is 6.36. The van der Waals surface area contributed by atoms with Crippen molar-refractivity contribution < 1.29 is 13.6 Å². The van der Waals surface area contributed by atoms with Gasteiger partial charge < -0.3 is 9.05 Å². The summed E-state index contributed by atoms with van der Waals surface area (Å²) < 4.78 is 22.4. The molecule has 0 amide bonds. The van der Waals surface area contributed by atoms with Crippen LogP contribution in [0, 0.1) is 6.92 Å². The summed E-state index contributed by atoms with van der Waals surface area (Å²) in [5.41, 5.74) is 2.18. The molecular weight excluding hydrogens is 235 g/mol. The molecule has 17 heavy (non-hydrogen) atoms. The van der Waals surface area contributed by atoms with Gasteiger partial charge in [-0.2, -0.15) is 0 Å². The third kappa shape index (κ3) is 4.86. The van der Waals surface area contributed by atoms with Gasteiger partial charge in [0, 0.05) is 5.82 Å². The molecule has 3 nitrogen and oxygen atoms in total. The summed E-state index contributed by atoms with van der Waals surface area (Å²) in [5.74, 6) is 1.52. The Morgan fingerprint density at radius 3 is 2.12 bits per heavy atom. The van der Waals surface area contributed by atoms with Gasteiger partial charge in [0.1, 0.15) is 0 Å². The Morgan fingerprint density at radius 2 is 1.65 bits per heavy atom. The standard InChI is InChI=1S/C13H19O3P/c1-4-15-17(14,16-5-2)11-10-13-8-6-12(3)7-9-13/h6-11H,4-5H2,1-3H3. The average Bonchev–Trinajstić information content (AvgIpc) is 2.29. The van der Waals surface area contributed by atoms with Crippen molar-refractivity contribution >= 4 is 13.7 Å². The zero-order valence-corrected chi connectivity index (χ0v) is 11.4. The first-order chi connectivity index (χ1) is 8.09. The molecule has 0 aromatic heterocycles. The predicted octanol–water partition coefficient (Wildman–Crippen LogP) is 4.23. The van der Waals surface area contributed by atoms with Crippen molar-refractivity contribution in [1.82, 2.24) is 0 Å². The van der Waals surface area contributed by atoms with E-state index in [-0.39, 0.29) is 0 Å². The highest BCUT2D eigenvalue weighted by molar-refractivity contribution is 7.57. The molecule has 0 unspecified atom stereocenters. The van der Waals surface area contributed by atoms with E-state index in [1.807, 2.05) is 31.2 Å². The monoisotopic (exact) mass is 254 g/mol. The van der Waals surface area contributed by atoms with Gasteiger partial charge in [-0.25, -0.2) is 0 Å². The molecule has 0 aliphatic carbocycles. The summed E-state index contributed by atoms with van der Waals surface area (Å²) in [6.07, 6.45) is 1.77. The fraction of sp³-hybridized carbons (Fsp3) is 0.385. The van der Waals surface area contributed by atoms with Gasteiger partial charge in [-0.1, -0.05) is 29.8 Å². The maximum absolute atomic E-state index is 12.1. The Balaban J connectivity index is 2.79. The Bertz CT molecular complexity index is 399. The van der Waals surface area contributed by atoms with Gasteiger partial charge in [0.15, 0.2) is 0 Å². The van der Waals surface area contributed by atoms with Gasteiger partial charge >= 0.3 is 7.60 Å². The molecule has 0 N–H and O–H groups in total. The zero-order chi connectivity index (χ0) is 12.7. The van der Waals surface area contributed by atoms with Crippen molar-refractivity contribution in [3.63, 3.8) is 0 Å². The van der Waals surface area contributed by atoms with Crippen LogP contribution in [0.25, 0.3) is 6.08 Å². The topological polar surface area (TPSA) is 35.5 Å². The Kier molecular flexibility index (Phi) is 5.63. The fourth-order valence-electron chi connectivity index (χ4n) is 1.34. The normalized spacial score (nSPS) is 12.2. The number of rotatable bonds is 6. The summed E-state index contributed by atoms with van der Waals surface area (Å²) in [4.78, 5) is 0. The minimum Gasteiger partial charge on any atom is -0.306 e. The van der Waals surface area contributed by atoms with Gasteiger partial charge in [0.05, 0.1) is 13.2 Å². The van der Waals surface area contributed by atoms with Crippen LogP contribution in [0.15, 0.2) is 30.1 Å². The molecule has 1 aromatic carbocycles. The molecule has 94 valence electrons. The van der Waals surface area contributed by atoms with E-state index >= 15 is 0 Å². The van der Waals surface area contributed by atoms with E-state index in [2.05, 4.69) is 0 Å². The molecule has 0 spiro atoms. The third-order valence-corrected chi connectivity index (χ3v) is 3.90. The molecule has 0 saturated carbocycles. The molecule has 4 heteroatoms. The van der Waals surface area contributed by atoms with Crippen molar-refractivity contribution in [3.8, 4) is 0 Å². The maximum atomic E-state index is 12.1. The lowest BCUT2D eigenvalue weighted by molar-refractivity contribution is 0.229. The lowest BCUT2D eigenvalue weighted by Crippen LogP contribution is -1.92. The van der Waals surface area contributed by atoms with Gasteiger partial charge in [-0.3, -0.25) is 4.57 Å². The number of hydrogen-bond donors (Lipinski definition) is 0. The highest BCUT2D eigenvalue weighted by atomic mass is 31.2. The van der Waals surface area contributed by atoms with E-state index < -0.39 is 7.60 Å². The van der Waals surface area contributed by atoms with E-state index in [4.69, 9.17) is 9.05 Å². The van der Waals surface area contributed by atoms with Crippen LogP contribution < -0.4 is 0 Å². The SMILES string of the molecule is CCOP(=O)(C=Cc1ccc(C)cc1)OCC. The zero-order valence-electron chi connectivity index (χ0n) is 10.6. The third-order valence-electron chi connectivity index (χ3n) is 2.14. The van der Waals surface area contributed by atoms with Crippen LogP contribution in [0.5, 0.6) is 0 Å². The van der Waals surface area contributed by atoms with Gasteiger partial charge in [0.2, 0.25) is 0 Å². The molecule has 1 rings (SSSR count). The molecule has 0 saturated heterocycles. The van der Waals surface area contributed by atoms with Crippen LogP contribution in [-0.4, -0.2) is 13.2 Å². The van der Waals surface area contributed by atoms with Crippen LogP contribution in [0.4, 0.5) is 0 Å². The summed E-state index contributed by atoms with van der Waals surface area (Å²) >= 11 is 0. The minimum absolute atomic E-state index is 0.371. The van der Waals surface area contributed by atoms with Gasteiger partial charge in [-0.05, 0) is 32.4 Å². The first-order valence-corrected chi connectivity index (χ1v) is 7.35. The summed E-state index contributed by atoms with van der Waals surface area (Å²) in [5, 5.41) is 0. The fourth-order valence-corrected chi connectivity index (χ4v) is 2.66. The first-order valence-electron chi connectivity index (χ1n) is 5.74. The van der Waals surface area contributed by atoms with Crippen LogP contribution in [-0.2, 0) is 13.6 Å². The molecule has 0 heterocycles. The minimum atomic E-state index is -3.08. The van der Waals surface area contributed by atoms with Crippen molar-refractivity contribution in [1.29, 1.82) is 0 Å². The lowest BCUT2D eigenvalue weighted by Gasteiger charge is -2.12. The van der Waals surface area contributed by atoms with Gasteiger partial charge in [0.25, 0.3) is 0 Å². The van der Waals surface area contributed by atoms with E-state index in [9.17, 15) is 4.57 Å². The maximum Gasteiger partial charge on any atom is 0.354 e. The summed E-state index contributed by atoms with van der Waals surface area (Å²) in [6, 6.07) is 7.94. The highest BCUT2D eigenvalue weighted by Crippen LogP contribution is 2.49. The number of benzene rings is 1. The average molecular weight is 254 g/mol. The molecule has 0 aliphatic heterocycles. The first kappa shape index (κ1) is 14.2. The lowest BCUT2D eigenvalue weighted by atomic mass is 10.2. The molecule has 0 fully saturated rings.